The minimum absolute atomic E-state index is 0.293. The van der Waals surface area contributed by atoms with E-state index in [-0.39, 0.29) is 0 Å². The highest BCUT2D eigenvalue weighted by Gasteiger charge is 2.32. The second kappa shape index (κ2) is 5.41. The second-order valence-electron chi connectivity index (χ2n) is 4.54. The number of rotatable bonds is 6. The van der Waals surface area contributed by atoms with Crippen LogP contribution in [-0.2, 0) is 4.74 Å². The lowest BCUT2D eigenvalue weighted by atomic mass is 10.1. The van der Waals surface area contributed by atoms with Crippen LogP contribution in [-0.4, -0.2) is 24.7 Å². The Morgan fingerprint density at radius 3 is 2.88 bits per heavy atom. The molecule has 1 fully saturated rings. The third kappa shape index (κ3) is 3.03. The first-order chi connectivity index (χ1) is 7.81. The monoisotopic (exact) mass is 220 g/mol. The van der Waals surface area contributed by atoms with E-state index in [1.54, 1.807) is 7.11 Å². The number of pyridine rings is 1. The summed E-state index contributed by atoms with van der Waals surface area (Å²) in [7, 11) is 1.77. The minimum atomic E-state index is 0.293. The first-order valence-electron chi connectivity index (χ1n) is 5.97. The fourth-order valence-corrected chi connectivity index (χ4v) is 2.04. The van der Waals surface area contributed by atoms with Gasteiger partial charge in [-0.25, -0.2) is 0 Å². The maximum Gasteiger partial charge on any atom is 0.0618 e. The molecule has 0 amide bonds. The predicted octanol–water partition coefficient (Wildman–Crippen LogP) is 2.16. The van der Waals surface area contributed by atoms with Crippen molar-refractivity contribution >= 4 is 0 Å². The smallest absolute Gasteiger partial charge is 0.0618 e. The summed E-state index contributed by atoms with van der Waals surface area (Å²) >= 11 is 0. The van der Waals surface area contributed by atoms with Crippen molar-refractivity contribution < 1.29 is 4.74 Å². The molecule has 2 atom stereocenters. The Kier molecular flexibility index (Phi) is 3.91. The van der Waals surface area contributed by atoms with E-state index in [1.165, 1.54) is 12.8 Å². The number of hydrogen-bond acceptors (Lipinski definition) is 3. The molecule has 2 rings (SSSR count). The molecule has 0 spiro atoms. The topological polar surface area (TPSA) is 34.1 Å². The normalized spacial score (nSPS) is 19.4. The summed E-state index contributed by atoms with van der Waals surface area (Å²) in [5.41, 5.74) is 1.10. The zero-order chi connectivity index (χ0) is 11.4. The standard InChI is InChI=1S/C13H20N2O/c1-10(12-5-3-4-8-14-12)15-13(9-16-2)11-6-7-11/h3-5,8,10-11,13,15H,6-7,9H2,1-2H3. The van der Waals surface area contributed by atoms with E-state index in [0.717, 1.165) is 18.2 Å². The van der Waals surface area contributed by atoms with E-state index >= 15 is 0 Å². The molecule has 1 heterocycles. The Balaban J connectivity index is 1.92. The molecule has 1 aromatic heterocycles. The van der Waals surface area contributed by atoms with Gasteiger partial charge >= 0.3 is 0 Å². The summed E-state index contributed by atoms with van der Waals surface area (Å²) in [5.74, 6) is 0.797. The van der Waals surface area contributed by atoms with Crippen LogP contribution < -0.4 is 5.32 Å². The van der Waals surface area contributed by atoms with E-state index in [9.17, 15) is 0 Å². The van der Waals surface area contributed by atoms with Crippen molar-refractivity contribution in [1.82, 2.24) is 10.3 Å². The highest BCUT2D eigenvalue weighted by Crippen LogP contribution is 2.33. The zero-order valence-electron chi connectivity index (χ0n) is 10.0. The first-order valence-corrected chi connectivity index (χ1v) is 5.97. The molecule has 3 heteroatoms. The fourth-order valence-electron chi connectivity index (χ4n) is 2.04. The minimum Gasteiger partial charge on any atom is -0.383 e. The molecule has 0 saturated heterocycles. The first kappa shape index (κ1) is 11.6. The highest BCUT2D eigenvalue weighted by atomic mass is 16.5. The molecule has 2 unspecified atom stereocenters. The average Bonchev–Trinajstić information content (AvgIpc) is 3.13. The van der Waals surface area contributed by atoms with E-state index in [2.05, 4.69) is 23.3 Å². The lowest BCUT2D eigenvalue weighted by Gasteiger charge is -2.22. The Morgan fingerprint density at radius 2 is 2.31 bits per heavy atom. The summed E-state index contributed by atoms with van der Waals surface area (Å²) in [6.45, 7) is 2.95. The fraction of sp³-hybridized carbons (Fsp3) is 0.615. The Labute approximate surface area is 97.2 Å². The van der Waals surface area contributed by atoms with Crippen LogP contribution >= 0.6 is 0 Å². The largest absolute Gasteiger partial charge is 0.383 e. The number of ether oxygens (including phenoxy) is 1. The van der Waals surface area contributed by atoms with Gasteiger partial charge in [0.05, 0.1) is 12.3 Å². The van der Waals surface area contributed by atoms with Crippen molar-refractivity contribution in [2.75, 3.05) is 13.7 Å². The van der Waals surface area contributed by atoms with Crippen LogP contribution in [0, 0.1) is 5.92 Å². The summed E-state index contributed by atoms with van der Waals surface area (Å²) < 4.78 is 5.26. The zero-order valence-corrected chi connectivity index (χ0v) is 10.0. The van der Waals surface area contributed by atoms with Crippen LogP contribution in [0.4, 0.5) is 0 Å². The number of methoxy groups -OCH3 is 1. The maximum absolute atomic E-state index is 5.26. The number of aromatic nitrogens is 1. The molecule has 0 bridgehead atoms. The number of hydrogen-bond donors (Lipinski definition) is 1. The van der Waals surface area contributed by atoms with Crippen LogP contribution in [0.2, 0.25) is 0 Å². The van der Waals surface area contributed by atoms with Crippen molar-refractivity contribution in [2.45, 2.75) is 31.8 Å². The molecule has 1 saturated carbocycles. The van der Waals surface area contributed by atoms with Gasteiger partial charge in [-0.05, 0) is 37.8 Å². The summed E-state index contributed by atoms with van der Waals surface area (Å²) in [6, 6.07) is 6.81. The van der Waals surface area contributed by atoms with Crippen LogP contribution in [0.5, 0.6) is 0 Å². The number of nitrogens with zero attached hydrogens (tertiary/aromatic N) is 1. The molecule has 1 N–H and O–H groups in total. The molecule has 0 radical (unpaired) electrons. The molecular weight excluding hydrogens is 200 g/mol. The second-order valence-corrected chi connectivity index (χ2v) is 4.54. The summed E-state index contributed by atoms with van der Waals surface area (Å²) in [4.78, 5) is 4.37. The predicted molar refractivity (Wildman–Crippen MR) is 64.2 cm³/mol. The van der Waals surface area contributed by atoms with E-state index < -0.39 is 0 Å². The van der Waals surface area contributed by atoms with E-state index in [4.69, 9.17) is 4.74 Å². The third-order valence-corrected chi connectivity index (χ3v) is 3.13. The van der Waals surface area contributed by atoms with E-state index in [0.29, 0.717) is 12.1 Å². The quantitative estimate of drug-likeness (QED) is 0.797. The lowest BCUT2D eigenvalue weighted by Crippen LogP contribution is -2.37. The van der Waals surface area contributed by atoms with Crippen LogP contribution in [0.3, 0.4) is 0 Å². The van der Waals surface area contributed by atoms with Crippen LogP contribution in [0.15, 0.2) is 24.4 Å². The highest BCUT2D eigenvalue weighted by molar-refractivity contribution is 5.08. The van der Waals surface area contributed by atoms with Gasteiger partial charge in [-0.3, -0.25) is 4.98 Å². The van der Waals surface area contributed by atoms with Gasteiger partial charge in [0.15, 0.2) is 0 Å². The van der Waals surface area contributed by atoms with Gasteiger partial charge in [-0.2, -0.15) is 0 Å². The Morgan fingerprint density at radius 1 is 1.50 bits per heavy atom. The molecule has 3 nitrogen and oxygen atoms in total. The Hall–Kier alpha value is -0.930. The van der Waals surface area contributed by atoms with Crippen molar-refractivity contribution in [2.24, 2.45) is 5.92 Å². The van der Waals surface area contributed by atoms with Gasteiger partial charge in [0, 0.05) is 25.4 Å². The van der Waals surface area contributed by atoms with E-state index in [1.807, 2.05) is 18.3 Å². The molecule has 1 aliphatic rings. The van der Waals surface area contributed by atoms with Gasteiger partial charge in [-0.15, -0.1) is 0 Å². The van der Waals surface area contributed by atoms with Crippen molar-refractivity contribution in [3.63, 3.8) is 0 Å². The molecule has 16 heavy (non-hydrogen) atoms. The molecule has 0 aromatic carbocycles. The van der Waals surface area contributed by atoms with Gasteiger partial charge in [-0.1, -0.05) is 6.07 Å². The summed E-state index contributed by atoms with van der Waals surface area (Å²) in [6.07, 6.45) is 4.50. The van der Waals surface area contributed by atoms with Gasteiger partial charge in [0.2, 0.25) is 0 Å². The van der Waals surface area contributed by atoms with Gasteiger partial charge in [0.25, 0.3) is 0 Å². The van der Waals surface area contributed by atoms with Gasteiger partial charge in [0.1, 0.15) is 0 Å². The molecule has 1 aliphatic carbocycles. The van der Waals surface area contributed by atoms with Crippen molar-refractivity contribution in [3.05, 3.63) is 30.1 Å². The molecule has 88 valence electrons. The number of nitrogens with one attached hydrogen (secondary N) is 1. The van der Waals surface area contributed by atoms with Crippen LogP contribution in [0.1, 0.15) is 31.5 Å². The van der Waals surface area contributed by atoms with Crippen molar-refractivity contribution in [1.29, 1.82) is 0 Å². The third-order valence-electron chi connectivity index (χ3n) is 3.13. The SMILES string of the molecule is COCC(NC(C)c1ccccn1)C1CC1. The Bertz CT molecular complexity index is 311. The molecule has 0 aliphatic heterocycles. The van der Waals surface area contributed by atoms with Gasteiger partial charge < -0.3 is 10.1 Å². The summed E-state index contributed by atoms with van der Waals surface area (Å²) in [5, 5.41) is 3.61. The van der Waals surface area contributed by atoms with Crippen LogP contribution in [0.25, 0.3) is 0 Å². The maximum atomic E-state index is 5.26. The lowest BCUT2D eigenvalue weighted by molar-refractivity contribution is 0.152. The average molecular weight is 220 g/mol. The molecule has 1 aromatic rings. The molecular formula is C13H20N2O. The van der Waals surface area contributed by atoms with Crippen molar-refractivity contribution in [3.8, 4) is 0 Å².